The van der Waals surface area contributed by atoms with Crippen LogP contribution in [0.2, 0.25) is 0 Å². The average molecular weight is 540 g/mol. The molecule has 2 heterocycles. The molecule has 31 heavy (non-hydrogen) atoms. The number of carbonyl (C=O) groups is 2. The first-order valence-corrected chi connectivity index (χ1v) is 11.7. The molecule has 3 unspecified atom stereocenters. The number of hydrogen-bond acceptors (Lipinski definition) is 3. The second kappa shape index (κ2) is 7.69. The zero-order valence-electron chi connectivity index (χ0n) is 16.8. The van der Waals surface area contributed by atoms with Crippen LogP contribution < -0.4 is 5.32 Å². The number of amides is 1. The fourth-order valence-corrected chi connectivity index (χ4v) is 5.73. The number of Topliss-reactive ketones (excluding diaryl/α,β-unsaturated/α-hetero) is 1. The van der Waals surface area contributed by atoms with Crippen molar-refractivity contribution in [3.8, 4) is 0 Å². The predicted molar refractivity (Wildman–Crippen MR) is 128 cm³/mol. The number of likely N-dealkylation sites (N-methyl/N-ethyl adjacent to an activating group) is 1. The highest BCUT2D eigenvalue weighted by molar-refractivity contribution is 9.10. The van der Waals surface area contributed by atoms with E-state index in [1.54, 1.807) is 0 Å². The Hall–Kier alpha value is -2.28. The summed E-state index contributed by atoms with van der Waals surface area (Å²) in [6, 6.07) is 23.2. The molecule has 1 saturated heterocycles. The third-order valence-electron chi connectivity index (χ3n) is 6.57. The number of rotatable bonds is 3. The van der Waals surface area contributed by atoms with Gasteiger partial charge < -0.3 is 5.32 Å². The summed E-state index contributed by atoms with van der Waals surface area (Å²) in [5, 5.41) is 3.04. The highest BCUT2D eigenvalue weighted by Crippen LogP contribution is 2.55. The topological polar surface area (TPSA) is 49.4 Å². The molecular formula is C25H20Br2N2O2. The van der Waals surface area contributed by atoms with Crippen LogP contribution in [0.25, 0.3) is 0 Å². The Bertz CT molecular complexity index is 1180. The molecule has 4 nitrogen and oxygen atoms in total. The summed E-state index contributed by atoms with van der Waals surface area (Å²) in [6.45, 7) is 0.607. The van der Waals surface area contributed by atoms with Crippen LogP contribution in [0.4, 0.5) is 5.69 Å². The van der Waals surface area contributed by atoms with E-state index < -0.39 is 11.5 Å². The zero-order chi connectivity index (χ0) is 21.8. The Kier molecular flexibility index (Phi) is 5.12. The number of nitrogens with one attached hydrogen (secondary N) is 1. The van der Waals surface area contributed by atoms with Gasteiger partial charge in [-0.05, 0) is 42.9 Å². The average Bonchev–Trinajstić information content (AvgIpc) is 3.24. The number of ketones is 1. The number of halogens is 2. The van der Waals surface area contributed by atoms with Crippen molar-refractivity contribution in [3.05, 3.63) is 98.4 Å². The van der Waals surface area contributed by atoms with Gasteiger partial charge in [-0.25, -0.2) is 0 Å². The summed E-state index contributed by atoms with van der Waals surface area (Å²) in [5.41, 5.74) is 2.28. The van der Waals surface area contributed by atoms with Crippen molar-refractivity contribution in [3.63, 3.8) is 0 Å². The maximum Gasteiger partial charge on any atom is 0.250 e. The second-order valence-electron chi connectivity index (χ2n) is 8.15. The molecular weight excluding hydrogens is 520 g/mol. The molecule has 1 spiro atoms. The molecule has 2 aliphatic rings. The first kappa shape index (κ1) is 20.6. The molecule has 1 amide bonds. The lowest BCUT2D eigenvalue weighted by Gasteiger charge is -2.35. The third-order valence-corrected chi connectivity index (χ3v) is 7.62. The summed E-state index contributed by atoms with van der Waals surface area (Å²) < 4.78 is 1.90. The molecule has 1 fully saturated rings. The van der Waals surface area contributed by atoms with Crippen LogP contribution in [-0.4, -0.2) is 30.2 Å². The molecule has 0 aromatic heterocycles. The van der Waals surface area contributed by atoms with Gasteiger partial charge in [0.2, 0.25) is 5.91 Å². The van der Waals surface area contributed by atoms with Gasteiger partial charge in [-0.15, -0.1) is 0 Å². The highest BCUT2D eigenvalue weighted by atomic mass is 79.9. The van der Waals surface area contributed by atoms with Crippen LogP contribution in [0.15, 0.2) is 81.7 Å². The SMILES string of the molecule is CN1CC(c2ccc(Br)cc2)C(C(=O)c2ccc(Br)cc2)C12C(=O)Nc1ccccc12. The maximum atomic E-state index is 14.0. The molecule has 156 valence electrons. The van der Waals surface area contributed by atoms with Crippen LogP contribution in [0, 0.1) is 5.92 Å². The number of benzene rings is 3. The van der Waals surface area contributed by atoms with Crippen LogP contribution in [0.5, 0.6) is 0 Å². The van der Waals surface area contributed by atoms with Crippen molar-refractivity contribution < 1.29 is 9.59 Å². The van der Waals surface area contributed by atoms with Crippen molar-refractivity contribution in [1.29, 1.82) is 0 Å². The van der Waals surface area contributed by atoms with Crippen molar-refractivity contribution >= 4 is 49.2 Å². The number of para-hydroxylation sites is 1. The molecule has 3 atom stereocenters. The van der Waals surface area contributed by atoms with E-state index in [0.29, 0.717) is 12.1 Å². The smallest absolute Gasteiger partial charge is 0.250 e. The van der Waals surface area contributed by atoms with Gasteiger partial charge in [0.25, 0.3) is 0 Å². The third kappa shape index (κ3) is 3.12. The van der Waals surface area contributed by atoms with Crippen molar-refractivity contribution in [2.45, 2.75) is 11.5 Å². The van der Waals surface area contributed by atoms with Crippen LogP contribution in [0.1, 0.15) is 27.4 Å². The van der Waals surface area contributed by atoms with E-state index in [9.17, 15) is 9.59 Å². The molecule has 5 rings (SSSR count). The minimum atomic E-state index is -1.04. The fourth-order valence-electron chi connectivity index (χ4n) is 5.20. The number of fused-ring (bicyclic) bond motifs is 2. The molecule has 0 aliphatic carbocycles. The van der Waals surface area contributed by atoms with Gasteiger partial charge >= 0.3 is 0 Å². The summed E-state index contributed by atoms with van der Waals surface area (Å²) in [5.74, 6) is -0.822. The minimum Gasteiger partial charge on any atom is -0.324 e. The number of carbonyl (C=O) groups excluding carboxylic acids is 2. The standard InChI is InChI=1S/C25H20Br2N2O2/c1-29-14-19(15-6-10-17(26)11-7-15)22(23(30)16-8-12-18(27)13-9-16)25(29)20-4-2-3-5-21(20)28-24(25)31/h2-13,19,22H,14H2,1H3,(H,28,31). The Labute approximate surface area is 197 Å². The molecule has 0 radical (unpaired) electrons. The monoisotopic (exact) mass is 538 g/mol. The van der Waals surface area contributed by atoms with Gasteiger partial charge in [0, 0.05) is 38.2 Å². The summed E-state index contributed by atoms with van der Waals surface area (Å²) in [4.78, 5) is 29.7. The number of nitrogens with zero attached hydrogens (tertiary/aromatic N) is 1. The number of anilines is 1. The Balaban J connectivity index is 1.72. The van der Waals surface area contributed by atoms with Gasteiger partial charge in [-0.3, -0.25) is 14.5 Å². The summed E-state index contributed by atoms with van der Waals surface area (Å²) in [7, 11) is 1.95. The second-order valence-corrected chi connectivity index (χ2v) is 9.98. The van der Waals surface area contributed by atoms with E-state index in [-0.39, 0.29) is 17.6 Å². The van der Waals surface area contributed by atoms with Crippen LogP contribution >= 0.6 is 31.9 Å². The van der Waals surface area contributed by atoms with E-state index in [0.717, 1.165) is 25.8 Å². The molecule has 0 saturated carbocycles. The van der Waals surface area contributed by atoms with Gasteiger partial charge in [0.1, 0.15) is 5.54 Å². The molecule has 0 bridgehead atoms. The highest BCUT2D eigenvalue weighted by Gasteiger charge is 2.64. The van der Waals surface area contributed by atoms with E-state index in [4.69, 9.17) is 0 Å². The predicted octanol–water partition coefficient (Wildman–Crippen LogP) is 5.59. The van der Waals surface area contributed by atoms with E-state index in [2.05, 4.69) is 42.1 Å². The normalized spacial score (nSPS) is 24.9. The molecule has 3 aromatic rings. The quantitative estimate of drug-likeness (QED) is 0.441. The van der Waals surface area contributed by atoms with E-state index >= 15 is 0 Å². The molecule has 2 aliphatic heterocycles. The first-order chi connectivity index (χ1) is 14.9. The number of likely N-dealkylation sites (tertiary alicyclic amines) is 1. The van der Waals surface area contributed by atoms with Crippen LogP contribution in [0.3, 0.4) is 0 Å². The molecule has 3 aromatic carbocycles. The first-order valence-electron chi connectivity index (χ1n) is 10.1. The maximum absolute atomic E-state index is 14.0. The lowest BCUT2D eigenvalue weighted by molar-refractivity contribution is -0.126. The van der Waals surface area contributed by atoms with Crippen LogP contribution in [-0.2, 0) is 10.3 Å². The zero-order valence-corrected chi connectivity index (χ0v) is 20.0. The minimum absolute atomic E-state index is 0.0170. The van der Waals surface area contributed by atoms with Gasteiger partial charge in [-0.1, -0.05) is 74.3 Å². The van der Waals surface area contributed by atoms with Crippen molar-refractivity contribution in [2.24, 2.45) is 5.92 Å². The Morgan fingerprint density at radius 1 is 0.968 bits per heavy atom. The van der Waals surface area contributed by atoms with E-state index in [1.807, 2.05) is 79.8 Å². The van der Waals surface area contributed by atoms with Crippen molar-refractivity contribution in [1.82, 2.24) is 4.90 Å². The lowest BCUT2D eigenvalue weighted by atomic mass is 9.70. The summed E-state index contributed by atoms with van der Waals surface area (Å²) >= 11 is 6.94. The van der Waals surface area contributed by atoms with Gasteiger partial charge in [0.15, 0.2) is 5.78 Å². The van der Waals surface area contributed by atoms with Gasteiger partial charge in [-0.2, -0.15) is 0 Å². The van der Waals surface area contributed by atoms with Gasteiger partial charge in [0.05, 0.1) is 5.92 Å². The molecule has 1 N–H and O–H groups in total. The number of hydrogen-bond donors (Lipinski definition) is 1. The molecule has 6 heteroatoms. The van der Waals surface area contributed by atoms with Crippen molar-refractivity contribution in [2.75, 3.05) is 18.9 Å². The Morgan fingerprint density at radius 2 is 1.58 bits per heavy atom. The van der Waals surface area contributed by atoms with E-state index in [1.165, 1.54) is 0 Å². The summed E-state index contributed by atoms with van der Waals surface area (Å²) in [6.07, 6.45) is 0. The fraction of sp³-hybridized carbons (Fsp3) is 0.200. The lowest BCUT2D eigenvalue weighted by Crippen LogP contribution is -2.51. The Morgan fingerprint density at radius 3 is 2.26 bits per heavy atom. The largest absolute Gasteiger partial charge is 0.324 e.